The number of hydrazone groups is 1. The van der Waals surface area contributed by atoms with Gasteiger partial charge in [0.2, 0.25) is 0 Å². The normalized spacial score (nSPS) is 10.5. The molecule has 2 aromatic rings. The minimum atomic E-state index is -0.504. The van der Waals surface area contributed by atoms with Gasteiger partial charge in [0.15, 0.2) is 11.5 Å². The van der Waals surface area contributed by atoms with E-state index in [0.717, 1.165) is 0 Å². The lowest BCUT2D eigenvalue weighted by molar-refractivity contribution is 0.0952. The molecule has 6 nitrogen and oxygen atoms in total. The van der Waals surface area contributed by atoms with Crippen LogP contribution in [0.3, 0.4) is 0 Å². The van der Waals surface area contributed by atoms with Crippen molar-refractivity contribution in [2.24, 2.45) is 5.10 Å². The molecule has 0 aliphatic heterocycles. The van der Waals surface area contributed by atoms with Gasteiger partial charge in [-0.3, -0.25) is 4.79 Å². The van der Waals surface area contributed by atoms with Gasteiger partial charge in [-0.2, -0.15) is 5.10 Å². The van der Waals surface area contributed by atoms with Gasteiger partial charge in [-0.05, 0) is 24.3 Å². The second-order valence-electron chi connectivity index (χ2n) is 4.30. The van der Waals surface area contributed by atoms with E-state index >= 15 is 0 Å². The van der Waals surface area contributed by atoms with E-state index in [2.05, 4.69) is 10.5 Å². The van der Waals surface area contributed by atoms with Gasteiger partial charge >= 0.3 is 0 Å². The van der Waals surface area contributed by atoms with Crippen LogP contribution >= 0.6 is 0 Å². The van der Waals surface area contributed by atoms with Crippen LogP contribution in [0.2, 0.25) is 0 Å². The molecule has 0 aliphatic rings. The molecular weight excluding hydrogens is 284 g/mol. The summed E-state index contributed by atoms with van der Waals surface area (Å²) in [5, 5.41) is 13.5. The molecule has 0 saturated heterocycles. The summed E-state index contributed by atoms with van der Waals surface area (Å²) in [7, 11) is 3.06. The van der Waals surface area contributed by atoms with Crippen LogP contribution < -0.4 is 14.9 Å². The second-order valence-corrected chi connectivity index (χ2v) is 4.30. The predicted octanol–water partition coefficient (Wildman–Crippen LogP) is 2.17. The maximum atomic E-state index is 11.9. The number of rotatable bonds is 5. The number of benzene rings is 2. The highest BCUT2D eigenvalue weighted by Crippen LogP contribution is 2.29. The fourth-order valence-corrected chi connectivity index (χ4v) is 1.90. The minimum Gasteiger partial charge on any atom is -0.507 e. The van der Waals surface area contributed by atoms with Crippen molar-refractivity contribution in [2.75, 3.05) is 14.2 Å². The van der Waals surface area contributed by atoms with Crippen LogP contribution in [0.5, 0.6) is 17.2 Å². The number of nitrogens with zero attached hydrogens (tertiary/aromatic N) is 1. The Kier molecular flexibility index (Phi) is 4.98. The Morgan fingerprint density at radius 2 is 1.91 bits per heavy atom. The molecule has 0 spiro atoms. The predicted molar refractivity (Wildman–Crippen MR) is 82.7 cm³/mol. The van der Waals surface area contributed by atoms with Crippen LogP contribution in [0.4, 0.5) is 0 Å². The van der Waals surface area contributed by atoms with E-state index in [9.17, 15) is 9.90 Å². The van der Waals surface area contributed by atoms with Crippen molar-refractivity contribution in [3.63, 3.8) is 0 Å². The molecule has 2 N–H and O–H groups in total. The molecule has 114 valence electrons. The molecular formula is C16H16N2O4. The first kappa shape index (κ1) is 15.4. The third-order valence-electron chi connectivity index (χ3n) is 2.95. The molecule has 0 fully saturated rings. The standard InChI is InChI=1S/C16H16N2O4/c1-21-14-9-5-6-11(15(14)22-2)10-17-18-16(20)12-7-3-4-8-13(12)19/h3-10,19H,1-2H3,(H,18,20)/b17-10+. The van der Waals surface area contributed by atoms with Gasteiger partial charge in [0.05, 0.1) is 26.0 Å². The summed E-state index contributed by atoms with van der Waals surface area (Å²) in [4.78, 5) is 11.9. The molecule has 2 aromatic carbocycles. The molecule has 0 bridgehead atoms. The molecule has 0 heterocycles. The molecule has 0 radical (unpaired) electrons. The van der Waals surface area contributed by atoms with Crippen molar-refractivity contribution < 1.29 is 19.4 Å². The van der Waals surface area contributed by atoms with Gasteiger partial charge in [-0.15, -0.1) is 0 Å². The van der Waals surface area contributed by atoms with Gasteiger partial charge in [-0.1, -0.05) is 18.2 Å². The first-order chi connectivity index (χ1) is 10.7. The highest BCUT2D eigenvalue weighted by Gasteiger charge is 2.10. The maximum Gasteiger partial charge on any atom is 0.275 e. The largest absolute Gasteiger partial charge is 0.507 e. The van der Waals surface area contributed by atoms with Crippen molar-refractivity contribution >= 4 is 12.1 Å². The number of nitrogens with one attached hydrogen (secondary N) is 1. The summed E-state index contributed by atoms with van der Waals surface area (Å²) in [5.41, 5.74) is 3.15. The fraction of sp³-hybridized carbons (Fsp3) is 0.125. The van der Waals surface area contributed by atoms with E-state index in [1.807, 2.05) is 0 Å². The van der Waals surface area contributed by atoms with Crippen molar-refractivity contribution in [3.8, 4) is 17.2 Å². The van der Waals surface area contributed by atoms with Gasteiger partial charge in [-0.25, -0.2) is 5.43 Å². The van der Waals surface area contributed by atoms with E-state index in [0.29, 0.717) is 17.1 Å². The number of para-hydroxylation sites is 2. The van der Waals surface area contributed by atoms with Crippen molar-refractivity contribution in [3.05, 3.63) is 53.6 Å². The van der Waals surface area contributed by atoms with Crippen molar-refractivity contribution in [1.29, 1.82) is 0 Å². The molecule has 0 unspecified atom stereocenters. The molecule has 6 heteroatoms. The fourth-order valence-electron chi connectivity index (χ4n) is 1.90. The Bertz CT molecular complexity index is 698. The van der Waals surface area contributed by atoms with Crippen molar-refractivity contribution in [1.82, 2.24) is 5.43 Å². The average Bonchev–Trinajstić information content (AvgIpc) is 2.54. The summed E-state index contributed by atoms with van der Waals surface area (Å²) in [5.74, 6) is 0.481. The van der Waals surface area contributed by atoms with E-state index in [1.165, 1.54) is 25.5 Å². The molecule has 0 atom stereocenters. The molecule has 0 aliphatic carbocycles. The third kappa shape index (κ3) is 3.35. The minimum absolute atomic E-state index is 0.103. The monoisotopic (exact) mass is 300 g/mol. The van der Waals surface area contributed by atoms with Crippen LogP contribution in [0.15, 0.2) is 47.6 Å². The molecule has 1 amide bonds. The Hall–Kier alpha value is -3.02. The summed E-state index contributed by atoms with van der Waals surface area (Å²) >= 11 is 0. The van der Waals surface area contributed by atoms with E-state index < -0.39 is 5.91 Å². The SMILES string of the molecule is COc1cccc(/C=N/NC(=O)c2ccccc2O)c1OC. The summed E-state index contributed by atoms with van der Waals surface area (Å²) in [6, 6.07) is 11.6. The van der Waals surface area contributed by atoms with Gasteiger partial charge in [0.25, 0.3) is 5.91 Å². The molecule has 22 heavy (non-hydrogen) atoms. The van der Waals surface area contributed by atoms with Crippen molar-refractivity contribution in [2.45, 2.75) is 0 Å². The summed E-state index contributed by atoms with van der Waals surface area (Å²) < 4.78 is 10.4. The van der Waals surface area contributed by atoms with E-state index in [-0.39, 0.29) is 11.3 Å². The number of methoxy groups -OCH3 is 2. The van der Waals surface area contributed by atoms with Gasteiger partial charge in [0.1, 0.15) is 5.75 Å². The number of carbonyl (C=O) groups is 1. The van der Waals surface area contributed by atoms with Crippen LogP contribution in [0.25, 0.3) is 0 Å². The summed E-state index contributed by atoms with van der Waals surface area (Å²) in [6.45, 7) is 0. The topological polar surface area (TPSA) is 80.2 Å². The number of aromatic hydroxyl groups is 1. The molecule has 0 saturated carbocycles. The quantitative estimate of drug-likeness (QED) is 0.655. The van der Waals surface area contributed by atoms with Crippen LogP contribution in [0.1, 0.15) is 15.9 Å². The second kappa shape index (κ2) is 7.12. The molecule has 2 rings (SSSR count). The van der Waals surface area contributed by atoms with E-state index in [4.69, 9.17) is 9.47 Å². The summed E-state index contributed by atoms with van der Waals surface area (Å²) in [6.07, 6.45) is 1.44. The van der Waals surface area contributed by atoms with Crippen LogP contribution in [-0.2, 0) is 0 Å². The lowest BCUT2D eigenvalue weighted by Gasteiger charge is -2.09. The first-order valence-electron chi connectivity index (χ1n) is 6.49. The third-order valence-corrected chi connectivity index (χ3v) is 2.95. The van der Waals surface area contributed by atoms with Crippen LogP contribution in [0, 0.1) is 0 Å². The lowest BCUT2D eigenvalue weighted by Crippen LogP contribution is -2.17. The zero-order chi connectivity index (χ0) is 15.9. The highest BCUT2D eigenvalue weighted by atomic mass is 16.5. The zero-order valence-corrected chi connectivity index (χ0v) is 12.2. The molecule has 0 aromatic heterocycles. The number of hydrogen-bond donors (Lipinski definition) is 2. The Labute approximate surface area is 128 Å². The average molecular weight is 300 g/mol. The number of carbonyl (C=O) groups excluding carboxylic acids is 1. The smallest absolute Gasteiger partial charge is 0.275 e. The Morgan fingerprint density at radius 1 is 1.14 bits per heavy atom. The highest BCUT2D eigenvalue weighted by molar-refractivity contribution is 5.97. The first-order valence-corrected chi connectivity index (χ1v) is 6.49. The Morgan fingerprint density at radius 3 is 2.59 bits per heavy atom. The zero-order valence-electron chi connectivity index (χ0n) is 12.2. The maximum absolute atomic E-state index is 11.9. The lowest BCUT2D eigenvalue weighted by atomic mass is 10.2. The van der Waals surface area contributed by atoms with E-state index in [1.54, 1.807) is 37.4 Å². The van der Waals surface area contributed by atoms with Gasteiger partial charge in [0, 0.05) is 5.56 Å². The number of amides is 1. The van der Waals surface area contributed by atoms with Gasteiger partial charge < -0.3 is 14.6 Å². The number of ether oxygens (including phenoxy) is 2. The Balaban J connectivity index is 2.13. The number of phenolic OH excluding ortho intramolecular Hbond substituents is 1. The number of hydrogen-bond acceptors (Lipinski definition) is 5. The number of phenols is 1. The van der Waals surface area contributed by atoms with Crippen LogP contribution in [-0.4, -0.2) is 31.4 Å².